The van der Waals surface area contributed by atoms with Crippen molar-refractivity contribution in [2.75, 3.05) is 31.2 Å². The molecule has 1 saturated heterocycles. The van der Waals surface area contributed by atoms with E-state index in [2.05, 4.69) is 42.0 Å². The number of nitrogens with zero attached hydrogens (tertiary/aromatic N) is 2. The summed E-state index contributed by atoms with van der Waals surface area (Å²) in [5.74, 6) is 1.11. The van der Waals surface area contributed by atoms with Crippen LogP contribution in [0.2, 0.25) is 0 Å². The van der Waals surface area contributed by atoms with Gasteiger partial charge in [0.25, 0.3) is 0 Å². The Hall–Kier alpha value is -1.13. The maximum atomic E-state index is 5.48. The third kappa shape index (κ3) is 3.67. The molecule has 2 rings (SSSR count). The van der Waals surface area contributed by atoms with Gasteiger partial charge in [-0.15, -0.1) is 0 Å². The number of rotatable bonds is 5. The van der Waals surface area contributed by atoms with Gasteiger partial charge in [0.05, 0.1) is 19.3 Å². The minimum absolute atomic E-state index is 0.406. The largest absolute Gasteiger partial charge is 0.377 e. The van der Waals surface area contributed by atoms with Gasteiger partial charge in [-0.3, -0.25) is 0 Å². The number of hydrogen-bond acceptors (Lipinski definition) is 4. The first-order valence-electron chi connectivity index (χ1n) is 7.23. The Morgan fingerprint density at radius 1 is 1.53 bits per heavy atom. The molecule has 0 saturated carbocycles. The van der Waals surface area contributed by atoms with Gasteiger partial charge in [0.15, 0.2) is 0 Å². The highest BCUT2D eigenvalue weighted by molar-refractivity contribution is 5.48. The van der Waals surface area contributed by atoms with Crippen LogP contribution in [0.1, 0.15) is 31.4 Å². The third-order valence-electron chi connectivity index (χ3n) is 3.50. The van der Waals surface area contributed by atoms with Crippen LogP contribution >= 0.6 is 0 Å². The van der Waals surface area contributed by atoms with Crippen molar-refractivity contribution in [3.63, 3.8) is 0 Å². The van der Waals surface area contributed by atoms with Crippen LogP contribution in [0.4, 0.5) is 5.82 Å². The first kappa shape index (κ1) is 14.3. The number of morpholine rings is 1. The summed E-state index contributed by atoms with van der Waals surface area (Å²) >= 11 is 0. The predicted molar refractivity (Wildman–Crippen MR) is 78.6 cm³/mol. The summed E-state index contributed by atoms with van der Waals surface area (Å²) in [6.07, 6.45) is 3.16. The van der Waals surface area contributed by atoms with Gasteiger partial charge in [-0.2, -0.15) is 0 Å². The second-order valence-electron chi connectivity index (χ2n) is 5.28. The van der Waals surface area contributed by atoms with Gasteiger partial charge in [-0.1, -0.05) is 6.92 Å². The minimum Gasteiger partial charge on any atom is -0.377 e. The summed E-state index contributed by atoms with van der Waals surface area (Å²) in [7, 11) is 0. The second kappa shape index (κ2) is 6.87. The third-order valence-corrected chi connectivity index (χ3v) is 3.50. The van der Waals surface area contributed by atoms with Crippen molar-refractivity contribution in [2.45, 2.75) is 39.8 Å². The molecule has 1 aliphatic heterocycles. The Kier molecular flexibility index (Phi) is 5.16. The van der Waals surface area contributed by atoms with Crippen LogP contribution in [0.3, 0.4) is 0 Å². The van der Waals surface area contributed by atoms with Crippen molar-refractivity contribution >= 4 is 5.82 Å². The fraction of sp³-hybridized carbons (Fsp3) is 0.667. The molecule has 4 nitrogen and oxygen atoms in total. The summed E-state index contributed by atoms with van der Waals surface area (Å²) in [6.45, 7) is 11.0. The highest BCUT2D eigenvalue weighted by atomic mass is 16.5. The van der Waals surface area contributed by atoms with Crippen LogP contribution in [0.15, 0.2) is 12.3 Å². The highest BCUT2D eigenvalue weighted by Crippen LogP contribution is 2.22. The summed E-state index contributed by atoms with van der Waals surface area (Å²) in [4.78, 5) is 7.01. The Morgan fingerprint density at radius 3 is 3.05 bits per heavy atom. The average Bonchev–Trinajstić information content (AvgIpc) is 2.40. The first-order chi connectivity index (χ1) is 9.22. The van der Waals surface area contributed by atoms with Crippen molar-refractivity contribution in [1.82, 2.24) is 10.3 Å². The molecular formula is C15H25N3O. The Balaban J connectivity index is 2.05. The van der Waals surface area contributed by atoms with E-state index in [-0.39, 0.29) is 0 Å². The molecule has 1 aromatic heterocycles. The van der Waals surface area contributed by atoms with Crippen molar-refractivity contribution in [3.05, 3.63) is 23.4 Å². The number of aryl methyl sites for hydroxylation is 1. The quantitative estimate of drug-likeness (QED) is 0.826. The summed E-state index contributed by atoms with van der Waals surface area (Å²) in [5, 5.41) is 3.41. The lowest BCUT2D eigenvalue weighted by atomic mass is 10.1. The van der Waals surface area contributed by atoms with Crippen LogP contribution in [-0.2, 0) is 11.3 Å². The second-order valence-corrected chi connectivity index (χ2v) is 5.28. The lowest BCUT2D eigenvalue weighted by molar-refractivity contribution is 0.0985. The first-order valence-corrected chi connectivity index (χ1v) is 7.23. The lowest BCUT2D eigenvalue weighted by Gasteiger charge is -2.35. The summed E-state index contributed by atoms with van der Waals surface area (Å²) in [6, 6.07) is 2.65. The monoisotopic (exact) mass is 263 g/mol. The van der Waals surface area contributed by atoms with Gasteiger partial charge in [-0.25, -0.2) is 4.98 Å². The minimum atomic E-state index is 0.406. The van der Waals surface area contributed by atoms with E-state index < -0.39 is 0 Å². The molecule has 0 aromatic carbocycles. The van der Waals surface area contributed by atoms with Crippen molar-refractivity contribution in [2.24, 2.45) is 0 Å². The predicted octanol–water partition coefficient (Wildman–Crippen LogP) is 2.11. The van der Waals surface area contributed by atoms with Crippen LogP contribution in [0.5, 0.6) is 0 Å². The molecule has 1 fully saturated rings. The molecule has 1 aromatic rings. The van der Waals surface area contributed by atoms with E-state index in [1.165, 1.54) is 11.1 Å². The zero-order chi connectivity index (χ0) is 13.7. The molecule has 1 atom stereocenters. The number of anilines is 1. The molecule has 106 valence electrons. The number of hydrogen-bond donors (Lipinski definition) is 1. The van der Waals surface area contributed by atoms with E-state index in [1.807, 2.05) is 6.20 Å². The molecule has 2 heterocycles. The van der Waals surface area contributed by atoms with Gasteiger partial charge in [-0.05, 0) is 44.0 Å². The van der Waals surface area contributed by atoms with Gasteiger partial charge in [0.1, 0.15) is 5.82 Å². The average molecular weight is 263 g/mol. The van der Waals surface area contributed by atoms with E-state index in [1.54, 1.807) is 0 Å². The molecule has 1 N–H and O–H groups in total. The fourth-order valence-electron chi connectivity index (χ4n) is 2.47. The van der Waals surface area contributed by atoms with Crippen LogP contribution in [-0.4, -0.2) is 37.3 Å². The molecular weight excluding hydrogens is 238 g/mol. The summed E-state index contributed by atoms with van der Waals surface area (Å²) in [5.41, 5.74) is 2.51. The van der Waals surface area contributed by atoms with E-state index in [0.29, 0.717) is 6.04 Å². The molecule has 0 amide bonds. The van der Waals surface area contributed by atoms with E-state index >= 15 is 0 Å². The summed E-state index contributed by atoms with van der Waals surface area (Å²) < 4.78 is 5.48. The van der Waals surface area contributed by atoms with Crippen LogP contribution in [0.25, 0.3) is 0 Å². The van der Waals surface area contributed by atoms with Crippen LogP contribution < -0.4 is 10.2 Å². The molecule has 0 spiro atoms. The van der Waals surface area contributed by atoms with Crippen molar-refractivity contribution in [1.29, 1.82) is 0 Å². The van der Waals surface area contributed by atoms with Gasteiger partial charge in [0.2, 0.25) is 0 Å². The van der Waals surface area contributed by atoms with E-state index in [9.17, 15) is 0 Å². The normalized spacial score (nSPS) is 19.7. The number of pyridine rings is 1. The maximum absolute atomic E-state index is 5.48. The van der Waals surface area contributed by atoms with Crippen LogP contribution in [0, 0.1) is 6.92 Å². The zero-order valence-corrected chi connectivity index (χ0v) is 12.3. The molecule has 1 unspecified atom stereocenters. The molecule has 19 heavy (non-hydrogen) atoms. The smallest absolute Gasteiger partial charge is 0.131 e. The number of aromatic nitrogens is 1. The van der Waals surface area contributed by atoms with Crippen molar-refractivity contribution < 1.29 is 4.74 Å². The topological polar surface area (TPSA) is 37.4 Å². The van der Waals surface area contributed by atoms with E-state index in [4.69, 9.17) is 4.74 Å². The molecule has 0 radical (unpaired) electrons. The standard InChI is InChI=1S/C15H25N3O/c1-4-5-16-9-14-8-12(2)15(17-10-14)18-6-7-19-11-13(18)3/h8,10,13,16H,4-7,9,11H2,1-3H3. The zero-order valence-electron chi connectivity index (χ0n) is 12.3. The van der Waals surface area contributed by atoms with Gasteiger partial charge in [0, 0.05) is 19.3 Å². The molecule has 0 bridgehead atoms. The lowest BCUT2D eigenvalue weighted by Crippen LogP contribution is -2.44. The van der Waals surface area contributed by atoms with E-state index in [0.717, 1.165) is 45.1 Å². The Bertz CT molecular complexity index is 408. The molecule has 1 aliphatic rings. The maximum Gasteiger partial charge on any atom is 0.131 e. The Morgan fingerprint density at radius 2 is 2.37 bits per heavy atom. The highest BCUT2D eigenvalue weighted by Gasteiger charge is 2.21. The van der Waals surface area contributed by atoms with Crippen molar-refractivity contribution in [3.8, 4) is 0 Å². The number of nitrogens with one attached hydrogen (secondary N) is 1. The van der Waals surface area contributed by atoms with Gasteiger partial charge < -0.3 is 15.0 Å². The number of ether oxygens (including phenoxy) is 1. The SMILES string of the molecule is CCCNCc1cnc(N2CCOCC2C)c(C)c1. The Labute approximate surface area is 116 Å². The fourth-order valence-corrected chi connectivity index (χ4v) is 2.47. The molecule has 4 heteroatoms. The van der Waals surface area contributed by atoms with Gasteiger partial charge >= 0.3 is 0 Å². The molecule has 0 aliphatic carbocycles.